The van der Waals surface area contributed by atoms with E-state index in [-0.39, 0.29) is 39.6 Å². The summed E-state index contributed by atoms with van der Waals surface area (Å²) >= 11 is 0. The van der Waals surface area contributed by atoms with Crippen LogP contribution in [0.25, 0.3) is 0 Å². The molecule has 0 heterocycles. The van der Waals surface area contributed by atoms with E-state index in [0.717, 1.165) is 51.4 Å². The van der Waals surface area contributed by atoms with E-state index in [9.17, 15) is 0 Å². The number of hydrogen-bond acceptors (Lipinski definition) is 6. The maximum atomic E-state index is 8.30. The highest BCUT2D eigenvalue weighted by atomic mass is 16.3. The standard InChI is InChI=1S/C6H14O2.2C4H10O2/c7-5-3-1-2-4-6-8;2*5-3-1-2-4-6/h7-8H,1-6H2;2*5-6H,1-4H2. The van der Waals surface area contributed by atoms with Crippen LogP contribution >= 0.6 is 0 Å². The zero-order chi connectivity index (χ0) is 15.9. The first kappa shape index (κ1) is 24.8. The highest BCUT2D eigenvalue weighted by Gasteiger charge is 1.84. The fraction of sp³-hybridized carbons (Fsp3) is 1.00. The lowest BCUT2D eigenvalue weighted by molar-refractivity contribution is 0.242. The molecule has 126 valence electrons. The molecule has 0 aliphatic rings. The van der Waals surface area contributed by atoms with Crippen molar-refractivity contribution in [2.75, 3.05) is 39.6 Å². The average Bonchev–Trinajstić information content (AvgIpc) is 2.49. The van der Waals surface area contributed by atoms with Crippen molar-refractivity contribution in [3.63, 3.8) is 0 Å². The second kappa shape index (κ2) is 31.3. The van der Waals surface area contributed by atoms with E-state index in [1.54, 1.807) is 0 Å². The van der Waals surface area contributed by atoms with Crippen LogP contribution in [-0.4, -0.2) is 70.3 Å². The Balaban J connectivity index is -0.000000221. The fourth-order valence-electron chi connectivity index (χ4n) is 1.02. The van der Waals surface area contributed by atoms with Crippen LogP contribution < -0.4 is 0 Å². The molecule has 0 aromatic carbocycles. The molecule has 0 atom stereocenters. The SMILES string of the molecule is OCCCCCCO.OCCCCO.OCCCCO. The molecule has 0 fully saturated rings. The van der Waals surface area contributed by atoms with Crippen molar-refractivity contribution in [1.29, 1.82) is 0 Å². The lowest BCUT2D eigenvalue weighted by Gasteiger charge is -1.93. The van der Waals surface area contributed by atoms with Crippen LogP contribution in [0.4, 0.5) is 0 Å². The van der Waals surface area contributed by atoms with Crippen LogP contribution in [0.5, 0.6) is 0 Å². The molecule has 0 bridgehead atoms. The van der Waals surface area contributed by atoms with E-state index in [4.69, 9.17) is 30.6 Å². The zero-order valence-electron chi connectivity index (χ0n) is 12.6. The first-order valence-corrected chi connectivity index (χ1v) is 7.40. The summed E-state index contributed by atoms with van der Waals surface area (Å²) < 4.78 is 0. The molecule has 6 nitrogen and oxygen atoms in total. The van der Waals surface area contributed by atoms with Crippen molar-refractivity contribution in [1.82, 2.24) is 0 Å². The summed E-state index contributed by atoms with van der Waals surface area (Å²) in [5.41, 5.74) is 0. The fourth-order valence-corrected chi connectivity index (χ4v) is 1.02. The smallest absolute Gasteiger partial charge is 0.0431 e. The molecule has 0 aliphatic heterocycles. The first-order valence-electron chi connectivity index (χ1n) is 7.40. The summed E-state index contributed by atoms with van der Waals surface area (Å²) in [4.78, 5) is 0. The van der Waals surface area contributed by atoms with Crippen LogP contribution in [0.1, 0.15) is 51.4 Å². The van der Waals surface area contributed by atoms with E-state index < -0.39 is 0 Å². The number of aliphatic hydroxyl groups excluding tert-OH is 6. The quantitative estimate of drug-likeness (QED) is 0.299. The van der Waals surface area contributed by atoms with Gasteiger partial charge in [0.25, 0.3) is 0 Å². The molecule has 0 saturated carbocycles. The summed E-state index contributed by atoms with van der Waals surface area (Å²) in [7, 11) is 0. The Bertz CT molecular complexity index is 102. The zero-order valence-corrected chi connectivity index (χ0v) is 12.6. The van der Waals surface area contributed by atoms with Crippen LogP contribution in [0.3, 0.4) is 0 Å². The summed E-state index contributed by atoms with van der Waals surface area (Å²) in [5, 5.41) is 49.0. The van der Waals surface area contributed by atoms with Crippen LogP contribution in [-0.2, 0) is 0 Å². The van der Waals surface area contributed by atoms with E-state index in [1.807, 2.05) is 0 Å². The minimum Gasteiger partial charge on any atom is -0.396 e. The predicted octanol–water partition coefficient (Wildman–Crippen LogP) is 0.0338. The second-order valence-electron chi connectivity index (χ2n) is 4.17. The molecule has 0 unspecified atom stereocenters. The van der Waals surface area contributed by atoms with Gasteiger partial charge in [0.1, 0.15) is 0 Å². The molecule has 0 aromatic rings. The molecule has 0 aliphatic carbocycles. The molecule has 0 amide bonds. The first-order chi connectivity index (χ1) is 9.74. The monoisotopic (exact) mass is 298 g/mol. The third kappa shape index (κ3) is 43.1. The van der Waals surface area contributed by atoms with E-state index >= 15 is 0 Å². The van der Waals surface area contributed by atoms with Gasteiger partial charge in [-0.15, -0.1) is 0 Å². The maximum absolute atomic E-state index is 8.30. The molecular weight excluding hydrogens is 264 g/mol. The van der Waals surface area contributed by atoms with E-state index in [2.05, 4.69) is 0 Å². The summed E-state index contributed by atoms with van der Waals surface area (Å²) in [5.74, 6) is 0. The topological polar surface area (TPSA) is 121 Å². The van der Waals surface area contributed by atoms with Gasteiger partial charge >= 0.3 is 0 Å². The molecule has 0 spiro atoms. The molecule has 0 aromatic heterocycles. The minimum atomic E-state index is 0.195. The second-order valence-corrected chi connectivity index (χ2v) is 4.17. The van der Waals surface area contributed by atoms with Gasteiger partial charge in [0.2, 0.25) is 0 Å². The van der Waals surface area contributed by atoms with Gasteiger partial charge in [-0.3, -0.25) is 0 Å². The van der Waals surface area contributed by atoms with Gasteiger partial charge in [0.15, 0.2) is 0 Å². The molecule has 0 saturated heterocycles. The van der Waals surface area contributed by atoms with Gasteiger partial charge in [-0.1, -0.05) is 12.8 Å². The Labute approximate surface area is 122 Å². The largest absolute Gasteiger partial charge is 0.396 e. The lowest BCUT2D eigenvalue weighted by Crippen LogP contribution is -1.85. The van der Waals surface area contributed by atoms with Crippen LogP contribution in [0.15, 0.2) is 0 Å². The van der Waals surface area contributed by atoms with Crippen molar-refractivity contribution in [3.05, 3.63) is 0 Å². The Morgan fingerprint density at radius 3 is 0.550 bits per heavy atom. The van der Waals surface area contributed by atoms with Crippen LogP contribution in [0.2, 0.25) is 0 Å². The van der Waals surface area contributed by atoms with E-state index in [0.29, 0.717) is 0 Å². The molecule has 0 radical (unpaired) electrons. The summed E-state index contributed by atoms with van der Waals surface area (Å²) in [6.07, 6.45) is 6.70. The number of rotatable bonds is 11. The predicted molar refractivity (Wildman–Crippen MR) is 79.5 cm³/mol. The average molecular weight is 298 g/mol. The number of aliphatic hydroxyl groups is 6. The van der Waals surface area contributed by atoms with Gasteiger partial charge in [0, 0.05) is 39.6 Å². The Morgan fingerprint density at radius 1 is 0.250 bits per heavy atom. The molecule has 0 rings (SSSR count). The van der Waals surface area contributed by atoms with Gasteiger partial charge in [0.05, 0.1) is 0 Å². The van der Waals surface area contributed by atoms with Gasteiger partial charge in [-0.2, -0.15) is 0 Å². The van der Waals surface area contributed by atoms with Gasteiger partial charge in [-0.25, -0.2) is 0 Å². The summed E-state index contributed by atoms with van der Waals surface area (Å²) in [6, 6.07) is 0. The minimum absolute atomic E-state index is 0.195. The van der Waals surface area contributed by atoms with Crippen molar-refractivity contribution in [2.45, 2.75) is 51.4 Å². The van der Waals surface area contributed by atoms with E-state index in [1.165, 1.54) is 0 Å². The Hall–Kier alpha value is -0.240. The number of unbranched alkanes of at least 4 members (excludes halogenated alkanes) is 5. The lowest BCUT2D eigenvalue weighted by atomic mass is 10.2. The van der Waals surface area contributed by atoms with Gasteiger partial charge in [-0.05, 0) is 38.5 Å². The van der Waals surface area contributed by atoms with Gasteiger partial charge < -0.3 is 30.6 Å². The van der Waals surface area contributed by atoms with Crippen molar-refractivity contribution >= 4 is 0 Å². The Morgan fingerprint density at radius 2 is 0.400 bits per heavy atom. The van der Waals surface area contributed by atoms with Crippen molar-refractivity contribution < 1.29 is 30.6 Å². The number of hydrogen-bond donors (Lipinski definition) is 6. The molecule has 6 N–H and O–H groups in total. The third-order valence-corrected chi connectivity index (χ3v) is 2.20. The third-order valence-electron chi connectivity index (χ3n) is 2.20. The van der Waals surface area contributed by atoms with Crippen LogP contribution in [0, 0.1) is 0 Å². The van der Waals surface area contributed by atoms with Crippen molar-refractivity contribution in [2.24, 2.45) is 0 Å². The summed E-state index contributed by atoms with van der Waals surface area (Å²) in [6.45, 7) is 1.35. The molecule has 6 heteroatoms. The highest BCUT2D eigenvalue weighted by Crippen LogP contribution is 1.96. The molecule has 20 heavy (non-hydrogen) atoms. The highest BCUT2D eigenvalue weighted by molar-refractivity contribution is 4.39. The molecular formula is C14H34O6. The van der Waals surface area contributed by atoms with Crippen molar-refractivity contribution in [3.8, 4) is 0 Å². The maximum Gasteiger partial charge on any atom is 0.0431 e. The Kier molecular flexibility index (Phi) is 38.7. The normalized spacial score (nSPS) is 9.30.